The van der Waals surface area contributed by atoms with E-state index in [9.17, 15) is 0 Å². The van der Waals surface area contributed by atoms with Crippen LogP contribution in [-0.2, 0) is 6.42 Å². The van der Waals surface area contributed by atoms with E-state index >= 15 is 0 Å². The fourth-order valence-electron chi connectivity index (χ4n) is 2.54. The van der Waals surface area contributed by atoms with E-state index in [0.717, 1.165) is 35.1 Å². The number of amidine groups is 1. The van der Waals surface area contributed by atoms with Gasteiger partial charge in [-0.1, -0.05) is 18.2 Å². The number of fused-ring (bicyclic) bond motifs is 3. The van der Waals surface area contributed by atoms with Gasteiger partial charge in [0, 0.05) is 29.5 Å². The molecule has 21 heavy (non-hydrogen) atoms. The zero-order valence-corrected chi connectivity index (χ0v) is 12.0. The second-order valence-electron chi connectivity index (χ2n) is 4.82. The first-order valence-electron chi connectivity index (χ1n) is 7.08. The smallest absolute Gasteiger partial charge is 0.156 e. The Bertz CT molecular complexity index is 766. The third-order valence-electron chi connectivity index (χ3n) is 3.46. The molecule has 0 fully saturated rings. The van der Waals surface area contributed by atoms with Gasteiger partial charge in [0.2, 0.25) is 0 Å². The minimum atomic E-state index is 0.650. The van der Waals surface area contributed by atoms with Crippen molar-refractivity contribution in [2.75, 3.05) is 6.54 Å². The third-order valence-corrected chi connectivity index (χ3v) is 3.46. The molecular weight excluding hydrogens is 262 g/mol. The molecule has 0 saturated heterocycles. The lowest BCUT2D eigenvalue weighted by Gasteiger charge is -2.02. The van der Waals surface area contributed by atoms with Crippen LogP contribution < -0.4 is 0 Å². The van der Waals surface area contributed by atoms with Gasteiger partial charge in [0.05, 0.1) is 0 Å². The number of aliphatic imine (C=N–C) groups is 3. The number of hydrogen-bond acceptors (Lipinski definition) is 2. The number of furan rings is 1. The van der Waals surface area contributed by atoms with E-state index in [0.29, 0.717) is 12.4 Å². The van der Waals surface area contributed by atoms with E-state index < -0.39 is 0 Å². The number of allylic oxidation sites excluding steroid dienone is 1. The van der Waals surface area contributed by atoms with E-state index in [-0.39, 0.29) is 0 Å². The number of rotatable bonds is 3. The Morgan fingerprint density at radius 3 is 3.14 bits per heavy atom. The lowest BCUT2D eigenvalue weighted by Crippen LogP contribution is -1.98. The quantitative estimate of drug-likeness (QED) is 0.621. The minimum absolute atomic E-state index is 0.650. The summed E-state index contributed by atoms with van der Waals surface area (Å²) in [5, 5.41) is 1.14. The highest BCUT2D eigenvalue weighted by Gasteiger charge is 2.15. The Morgan fingerprint density at radius 1 is 1.43 bits per heavy atom. The molecular formula is C17H17N3O. The SMILES string of the molecule is C=NC=NC(=NCC)c1ccc2c3c(oc2c1)CCC=C3. The molecule has 3 rings (SSSR count). The number of nitrogens with zero attached hydrogens (tertiary/aromatic N) is 3. The Kier molecular flexibility index (Phi) is 3.77. The second kappa shape index (κ2) is 5.87. The van der Waals surface area contributed by atoms with Gasteiger partial charge in [0.1, 0.15) is 17.7 Å². The first-order chi connectivity index (χ1) is 10.3. The van der Waals surface area contributed by atoms with Crippen LogP contribution in [0.5, 0.6) is 0 Å². The van der Waals surface area contributed by atoms with Gasteiger partial charge in [-0.15, -0.1) is 0 Å². The maximum absolute atomic E-state index is 5.97. The average Bonchev–Trinajstić information content (AvgIpc) is 2.89. The van der Waals surface area contributed by atoms with Crippen molar-refractivity contribution in [1.82, 2.24) is 0 Å². The van der Waals surface area contributed by atoms with Crippen LogP contribution in [0, 0.1) is 0 Å². The van der Waals surface area contributed by atoms with Crippen molar-refractivity contribution >= 4 is 35.9 Å². The molecule has 0 atom stereocenters. The van der Waals surface area contributed by atoms with Crippen LogP contribution in [-0.4, -0.2) is 25.4 Å². The van der Waals surface area contributed by atoms with Gasteiger partial charge in [0.25, 0.3) is 0 Å². The number of aryl methyl sites for hydroxylation is 1. The van der Waals surface area contributed by atoms with Crippen LogP contribution in [0.3, 0.4) is 0 Å². The summed E-state index contributed by atoms with van der Waals surface area (Å²) in [6.07, 6.45) is 7.75. The molecule has 0 saturated carbocycles. The summed E-state index contributed by atoms with van der Waals surface area (Å²) >= 11 is 0. The van der Waals surface area contributed by atoms with Crippen LogP contribution >= 0.6 is 0 Å². The fourth-order valence-corrected chi connectivity index (χ4v) is 2.54. The monoisotopic (exact) mass is 279 g/mol. The van der Waals surface area contributed by atoms with Crippen molar-refractivity contribution in [2.45, 2.75) is 19.8 Å². The molecule has 0 bridgehead atoms. The van der Waals surface area contributed by atoms with E-state index in [2.05, 4.69) is 39.9 Å². The summed E-state index contributed by atoms with van der Waals surface area (Å²) in [7, 11) is 0. The largest absolute Gasteiger partial charge is 0.460 e. The van der Waals surface area contributed by atoms with Gasteiger partial charge >= 0.3 is 0 Å². The summed E-state index contributed by atoms with van der Waals surface area (Å²) in [6.45, 7) is 6.04. The molecule has 4 nitrogen and oxygen atoms in total. The molecule has 0 N–H and O–H groups in total. The van der Waals surface area contributed by atoms with Crippen LogP contribution in [0.15, 0.2) is 43.7 Å². The second-order valence-corrected chi connectivity index (χ2v) is 4.82. The van der Waals surface area contributed by atoms with Crippen LogP contribution in [0.4, 0.5) is 0 Å². The van der Waals surface area contributed by atoms with E-state index in [4.69, 9.17) is 4.42 Å². The highest BCUT2D eigenvalue weighted by molar-refractivity contribution is 6.05. The van der Waals surface area contributed by atoms with E-state index in [1.807, 2.05) is 19.1 Å². The van der Waals surface area contributed by atoms with Crippen molar-refractivity contribution in [2.24, 2.45) is 15.0 Å². The first kappa shape index (κ1) is 13.5. The van der Waals surface area contributed by atoms with Crippen molar-refractivity contribution < 1.29 is 4.42 Å². The maximum Gasteiger partial charge on any atom is 0.156 e. The van der Waals surface area contributed by atoms with Gasteiger partial charge < -0.3 is 4.42 Å². The van der Waals surface area contributed by atoms with Gasteiger partial charge in [-0.3, -0.25) is 9.98 Å². The molecule has 1 heterocycles. The van der Waals surface area contributed by atoms with Crippen molar-refractivity contribution in [3.05, 3.63) is 41.2 Å². The van der Waals surface area contributed by atoms with Gasteiger partial charge in [-0.05, 0) is 32.2 Å². The maximum atomic E-state index is 5.97. The molecule has 2 aromatic rings. The average molecular weight is 279 g/mol. The van der Waals surface area contributed by atoms with E-state index in [1.165, 1.54) is 11.9 Å². The predicted octanol–water partition coefficient (Wildman–Crippen LogP) is 3.89. The first-order valence-corrected chi connectivity index (χ1v) is 7.08. The molecule has 1 aromatic heterocycles. The summed E-state index contributed by atoms with van der Waals surface area (Å²) in [5.41, 5.74) is 3.02. The Balaban J connectivity index is 2.08. The van der Waals surface area contributed by atoms with Crippen molar-refractivity contribution in [3.63, 3.8) is 0 Å². The highest BCUT2D eigenvalue weighted by atomic mass is 16.3. The molecule has 0 radical (unpaired) electrons. The summed E-state index contributed by atoms with van der Waals surface area (Å²) in [5.74, 6) is 1.71. The van der Waals surface area contributed by atoms with Gasteiger partial charge in [-0.25, -0.2) is 4.99 Å². The molecule has 0 spiro atoms. The zero-order valence-electron chi connectivity index (χ0n) is 12.0. The van der Waals surface area contributed by atoms with Gasteiger partial charge in [0.15, 0.2) is 5.84 Å². The van der Waals surface area contributed by atoms with Crippen LogP contribution in [0.25, 0.3) is 17.0 Å². The molecule has 106 valence electrons. The van der Waals surface area contributed by atoms with Crippen molar-refractivity contribution in [1.29, 1.82) is 0 Å². The summed E-state index contributed by atoms with van der Waals surface area (Å²) < 4.78 is 5.97. The standard InChI is InChI=1S/C17H17N3O/c1-3-19-17(20-11-18-2)12-8-9-14-13-6-4-5-7-15(13)21-16(14)10-12/h4,6,8-11H,2-3,5,7H2,1H3. The molecule has 1 aliphatic rings. The van der Waals surface area contributed by atoms with Crippen LogP contribution in [0.2, 0.25) is 0 Å². The summed E-state index contributed by atoms with van der Waals surface area (Å²) in [4.78, 5) is 12.3. The van der Waals surface area contributed by atoms with Gasteiger partial charge in [-0.2, -0.15) is 0 Å². The minimum Gasteiger partial charge on any atom is -0.460 e. The number of benzene rings is 1. The lowest BCUT2D eigenvalue weighted by molar-refractivity contribution is 0.546. The topological polar surface area (TPSA) is 50.2 Å². The zero-order chi connectivity index (χ0) is 14.7. The predicted molar refractivity (Wildman–Crippen MR) is 88.7 cm³/mol. The molecule has 0 aliphatic heterocycles. The van der Waals surface area contributed by atoms with Crippen molar-refractivity contribution in [3.8, 4) is 0 Å². The highest BCUT2D eigenvalue weighted by Crippen LogP contribution is 2.31. The van der Waals surface area contributed by atoms with E-state index in [1.54, 1.807) is 0 Å². The normalized spacial score (nSPS) is 14.8. The lowest BCUT2D eigenvalue weighted by atomic mass is 10.0. The fraction of sp³-hybridized carbons (Fsp3) is 0.235. The molecule has 0 unspecified atom stereocenters. The third kappa shape index (κ3) is 2.57. The summed E-state index contributed by atoms with van der Waals surface area (Å²) in [6, 6.07) is 6.09. The Labute approximate surface area is 123 Å². The number of hydrogen-bond donors (Lipinski definition) is 0. The van der Waals surface area contributed by atoms with Crippen LogP contribution in [0.1, 0.15) is 30.2 Å². The molecule has 4 heteroatoms. The Hall–Kier alpha value is -2.49. The molecule has 1 aromatic carbocycles. The molecule has 1 aliphatic carbocycles. The molecule has 0 amide bonds. The Morgan fingerprint density at radius 2 is 2.33 bits per heavy atom.